The SMILES string of the molecule is COc1ccc(CCC(=O)NCc2ccc(N3CCOCC3)cc2)cc1C. The summed E-state index contributed by atoms with van der Waals surface area (Å²) in [6, 6.07) is 14.5. The second kappa shape index (κ2) is 9.42. The quantitative estimate of drug-likeness (QED) is 0.816. The third kappa shape index (κ3) is 5.47. The second-order valence-electron chi connectivity index (χ2n) is 6.85. The van der Waals surface area contributed by atoms with E-state index in [9.17, 15) is 4.79 Å². The Morgan fingerprint density at radius 2 is 1.81 bits per heavy atom. The highest BCUT2D eigenvalue weighted by Crippen LogP contribution is 2.19. The van der Waals surface area contributed by atoms with Gasteiger partial charge in [-0.1, -0.05) is 24.3 Å². The zero-order valence-corrected chi connectivity index (χ0v) is 16.2. The van der Waals surface area contributed by atoms with Crippen LogP contribution in [0.2, 0.25) is 0 Å². The average Bonchev–Trinajstić information content (AvgIpc) is 2.72. The van der Waals surface area contributed by atoms with E-state index in [1.807, 2.05) is 19.1 Å². The summed E-state index contributed by atoms with van der Waals surface area (Å²) in [5.41, 5.74) is 4.57. The maximum absolute atomic E-state index is 12.2. The van der Waals surface area contributed by atoms with E-state index < -0.39 is 0 Å². The molecule has 0 atom stereocenters. The molecule has 0 spiro atoms. The molecule has 0 bridgehead atoms. The van der Waals surface area contributed by atoms with Gasteiger partial charge in [-0.15, -0.1) is 0 Å². The lowest BCUT2D eigenvalue weighted by molar-refractivity contribution is -0.121. The number of morpholine rings is 1. The molecule has 1 saturated heterocycles. The predicted octanol–water partition coefficient (Wildman–Crippen LogP) is 3.09. The molecule has 144 valence electrons. The van der Waals surface area contributed by atoms with Gasteiger partial charge in [0, 0.05) is 31.7 Å². The highest BCUT2D eigenvalue weighted by molar-refractivity contribution is 5.76. The summed E-state index contributed by atoms with van der Waals surface area (Å²) in [6.45, 7) is 6.01. The van der Waals surface area contributed by atoms with Crippen molar-refractivity contribution in [2.75, 3.05) is 38.3 Å². The molecule has 0 unspecified atom stereocenters. The van der Waals surface area contributed by atoms with Crippen LogP contribution in [0.3, 0.4) is 0 Å². The van der Waals surface area contributed by atoms with E-state index in [2.05, 4.69) is 40.5 Å². The number of anilines is 1. The minimum Gasteiger partial charge on any atom is -0.496 e. The number of aryl methyl sites for hydroxylation is 2. The molecule has 0 saturated carbocycles. The Hall–Kier alpha value is -2.53. The molecule has 0 aliphatic carbocycles. The average molecular weight is 368 g/mol. The maximum Gasteiger partial charge on any atom is 0.220 e. The number of nitrogens with zero attached hydrogens (tertiary/aromatic N) is 1. The van der Waals surface area contributed by atoms with Crippen LogP contribution < -0.4 is 15.0 Å². The molecule has 5 heteroatoms. The molecular weight excluding hydrogens is 340 g/mol. The van der Waals surface area contributed by atoms with Crippen LogP contribution in [-0.4, -0.2) is 39.3 Å². The monoisotopic (exact) mass is 368 g/mol. The first-order chi connectivity index (χ1) is 13.2. The number of carbonyl (C=O) groups excluding carboxylic acids is 1. The third-order valence-electron chi connectivity index (χ3n) is 4.90. The molecule has 0 radical (unpaired) electrons. The van der Waals surface area contributed by atoms with E-state index in [-0.39, 0.29) is 5.91 Å². The first kappa shape index (κ1) is 19.2. The van der Waals surface area contributed by atoms with Gasteiger partial charge >= 0.3 is 0 Å². The molecule has 2 aromatic rings. The fraction of sp³-hybridized carbons (Fsp3) is 0.409. The van der Waals surface area contributed by atoms with Crippen molar-refractivity contribution < 1.29 is 14.3 Å². The van der Waals surface area contributed by atoms with Crippen molar-refractivity contribution in [3.8, 4) is 5.75 Å². The van der Waals surface area contributed by atoms with Gasteiger partial charge in [-0.25, -0.2) is 0 Å². The number of hydrogen-bond donors (Lipinski definition) is 1. The third-order valence-corrected chi connectivity index (χ3v) is 4.90. The van der Waals surface area contributed by atoms with Crippen molar-refractivity contribution in [3.63, 3.8) is 0 Å². The van der Waals surface area contributed by atoms with Crippen LogP contribution in [0.1, 0.15) is 23.1 Å². The molecule has 1 N–H and O–H groups in total. The standard InChI is InChI=1S/C22H28N2O3/c1-17-15-18(5-9-21(17)26-2)6-10-22(25)23-16-19-3-7-20(8-4-19)24-11-13-27-14-12-24/h3-5,7-9,15H,6,10-14,16H2,1-2H3,(H,23,25). The number of carbonyl (C=O) groups is 1. The Balaban J connectivity index is 1.44. The van der Waals surface area contributed by atoms with Gasteiger partial charge in [0.25, 0.3) is 0 Å². The Morgan fingerprint density at radius 3 is 2.48 bits per heavy atom. The molecule has 1 aliphatic heterocycles. The molecule has 0 aromatic heterocycles. The normalized spacial score (nSPS) is 14.1. The van der Waals surface area contributed by atoms with E-state index >= 15 is 0 Å². The fourth-order valence-corrected chi connectivity index (χ4v) is 3.29. The molecule has 1 fully saturated rings. The van der Waals surface area contributed by atoms with E-state index in [0.717, 1.165) is 55.2 Å². The zero-order valence-electron chi connectivity index (χ0n) is 16.2. The number of methoxy groups -OCH3 is 1. The molecule has 1 heterocycles. The molecule has 5 nitrogen and oxygen atoms in total. The van der Waals surface area contributed by atoms with Crippen LogP contribution in [0.4, 0.5) is 5.69 Å². The van der Waals surface area contributed by atoms with Gasteiger partial charge in [-0.2, -0.15) is 0 Å². The Bertz CT molecular complexity index is 753. The van der Waals surface area contributed by atoms with Gasteiger partial charge in [0.2, 0.25) is 5.91 Å². The highest BCUT2D eigenvalue weighted by Gasteiger charge is 2.11. The lowest BCUT2D eigenvalue weighted by atomic mass is 10.1. The summed E-state index contributed by atoms with van der Waals surface area (Å²) in [6.07, 6.45) is 1.21. The summed E-state index contributed by atoms with van der Waals surface area (Å²) < 4.78 is 10.7. The topological polar surface area (TPSA) is 50.8 Å². The van der Waals surface area contributed by atoms with Gasteiger partial charge in [0.15, 0.2) is 0 Å². The summed E-state index contributed by atoms with van der Waals surface area (Å²) in [7, 11) is 1.67. The van der Waals surface area contributed by atoms with Gasteiger partial charge < -0.3 is 19.7 Å². The number of amides is 1. The largest absolute Gasteiger partial charge is 0.496 e. The van der Waals surface area contributed by atoms with Crippen molar-refractivity contribution in [1.82, 2.24) is 5.32 Å². The van der Waals surface area contributed by atoms with Crippen LogP contribution in [0.25, 0.3) is 0 Å². The number of benzene rings is 2. The molecular formula is C22H28N2O3. The number of rotatable bonds is 7. The second-order valence-corrected chi connectivity index (χ2v) is 6.85. The van der Waals surface area contributed by atoms with E-state index in [1.54, 1.807) is 7.11 Å². The maximum atomic E-state index is 12.2. The lowest BCUT2D eigenvalue weighted by Crippen LogP contribution is -2.36. The first-order valence-electron chi connectivity index (χ1n) is 9.47. The number of nitrogens with one attached hydrogen (secondary N) is 1. The molecule has 2 aromatic carbocycles. The van der Waals surface area contributed by atoms with Gasteiger partial charge in [-0.05, 0) is 48.2 Å². The van der Waals surface area contributed by atoms with Crippen LogP contribution in [0.5, 0.6) is 5.75 Å². The molecule has 27 heavy (non-hydrogen) atoms. The lowest BCUT2D eigenvalue weighted by Gasteiger charge is -2.28. The van der Waals surface area contributed by atoms with Crippen LogP contribution >= 0.6 is 0 Å². The van der Waals surface area contributed by atoms with Crippen LogP contribution in [-0.2, 0) is 22.5 Å². The van der Waals surface area contributed by atoms with Crippen molar-refractivity contribution in [2.24, 2.45) is 0 Å². The van der Waals surface area contributed by atoms with E-state index in [4.69, 9.17) is 9.47 Å². The fourth-order valence-electron chi connectivity index (χ4n) is 3.29. The smallest absolute Gasteiger partial charge is 0.220 e. The van der Waals surface area contributed by atoms with E-state index in [0.29, 0.717) is 13.0 Å². The Labute approximate surface area is 161 Å². The van der Waals surface area contributed by atoms with Crippen molar-refractivity contribution in [1.29, 1.82) is 0 Å². The summed E-state index contributed by atoms with van der Waals surface area (Å²) in [5, 5.41) is 3.01. The van der Waals surface area contributed by atoms with Crippen molar-refractivity contribution >= 4 is 11.6 Å². The van der Waals surface area contributed by atoms with Crippen molar-refractivity contribution in [2.45, 2.75) is 26.3 Å². The van der Waals surface area contributed by atoms with Crippen LogP contribution in [0.15, 0.2) is 42.5 Å². The molecule has 1 aliphatic rings. The van der Waals surface area contributed by atoms with Gasteiger partial charge in [-0.3, -0.25) is 4.79 Å². The molecule has 3 rings (SSSR count). The number of hydrogen-bond acceptors (Lipinski definition) is 4. The van der Waals surface area contributed by atoms with Gasteiger partial charge in [0.05, 0.1) is 20.3 Å². The summed E-state index contributed by atoms with van der Waals surface area (Å²) in [4.78, 5) is 14.5. The van der Waals surface area contributed by atoms with E-state index in [1.165, 1.54) is 5.69 Å². The van der Waals surface area contributed by atoms with Gasteiger partial charge in [0.1, 0.15) is 5.75 Å². The van der Waals surface area contributed by atoms with Crippen molar-refractivity contribution in [3.05, 3.63) is 59.2 Å². The first-order valence-corrected chi connectivity index (χ1v) is 9.47. The number of ether oxygens (including phenoxy) is 2. The summed E-state index contributed by atoms with van der Waals surface area (Å²) in [5.74, 6) is 0.949. The predicted molar refractivity (Wildman–Crippen MR) is 107 cm³/mol. The Morgan fingerprint density at radius 1 is 1.11 bits per heavy atom. The molecule has 1 amide bonds. The zero-order chi connectivity index (χ0) is 19.1. The highest BCUT2D eigenvalue weighted by atomic mass is 16.5. The Kier molecular flexibility index (Phi) is 6.71. The summed E-state index contributed by atoms with van der Waals surface area (Å²) >= 11 is 0. The van der Waals surface area contributed by atoms with Crippen LogP contribution in [0, 0.1) is 6.92 Å². The minimum absolute atomic E-state index is 0.0701. The minimum atomic E-state index is 0.0701.